The number of nitrogens with one attached hydrogen (secondary N) is 2. The maximum atomic E-state index is 5.30. The second-order valence-corrected chi connectivity index (χ2v) is 6.76. The molecule has 0 radical (unpaired) electrons. The molecule has 0 amide bonds. The summed E-state index contributed by atoms with van der Waals surface area (Å²) < 4.78 is 5.30. The van der Waals surface area contributed by atoms with Gasteiger partial charge in [0, 0.05) is 31.1 Å². The summed E-state index contributed by atoms with van der Waals surface area (Å²) in [6.45, 7) is 13.7. The van der Waals surface area contributed by atoms with E-state index < -0.39 is 0 Å². The van der Waals surface area contributed by atoms with Crippen LogP contribution in [-0.2, 0) is 4.74 Å². The topological polar surface area (TPSA) is 48.9 Å². The molecule has 0 aliphatic carbocycles. The van der Waals surface area contributed by atoms with Crippen LogP contribution in [0.25, 0.3) is 0 Å². The zero-order chi connectivity index (χ0) is 15.1. The summed E-state index contributed by atoms with van der Waals surface area (Å²) in [5.41, 5.74) is 0.243. The van der Waals surface area contributed by atoms with Crippen molar-refractivity contribution in [3.63, 3.8) is 0 Å². The highest BCUT2D eigenvalue weighted by Crippen LogP contribution is 2.26. The molecular weight excluding hydrogens is 391 g/mol. The van der Waals surface area contributed by atoms with Crippen LogP contribution in [0.15, 0.2) is 4.99 Å². The average Bonchev–Trinajstić information content (AvgIpc) is 2.45. The van der Waals surface area contributed by atoms with Crippen LogP contribution in [0.2, 0.25) is 0 Å². The Hall–Kier alpha value is -0.0800. The Kier molecular flexibility index (Phi) is 9.01. The van der Waals surface area contributed by atoms with Gasteiger partial charge in [0.25, 0.3) is 0 Å². The van der Waals surface area contributed by atoms with E-state index >= 15 is 0 Å². The van der Waals surface area contributed by atoms with Crippen LogP contribution < -0.4 is 10.6 Å². The number of rotatable bonds is 6. The summed E-state index contributed by atoms with van der Waals surface area (Å²) in [5.74, 6) is 0.972. The molecule has 0 aromatic carbocycles. The van der Waals surface area contributed by atoms with E-state index in [1.54, 1.807) is 0 Å². The highest BCUT2D eigenvalue weighted by molar-refractivity contribution is 14.0. The van der Waals surface area contributed by atoms with Crippen molar-refractivity contribution in [2.75, 3.05) is 45.9 Å². The first-order chi connectivity index (χ1) is 10.1. The second-order valence-electron chi connectivity index (χ2n) is 6.76. The predicted octanol–water partition coefficient (Wildman–Crippen LogP) is 2.07. The van der Waals surface area contributed by atoms with Crippen molar-refractivity contribution in [3.8, 4) is 0 Å². The number of halogens is 1. The number of hydrogen-bond acceptors (Lipinski definition) is 3. The van der Waals surface area contributed by atoms with Gasteiger partial charge in [0.05, 0.1) is 19.8 Å². The van der Waals surface area contributed by atoms with E-state index in [0.717, 1.165) is 32.3 Å². The van der Waals surface area contributed by atoms with E-state index in [0.29, 0.717) is 6.04 Å². The molecule has 2 N–H and O–H groups in total. The maximum Gasteiger partial charge on any atom is 0.191 e. The van der Waals surface area contributed by atoms with Crippen molar-refractivity contribution in [3.05, 3.63) is 0 Å². The molecule has 0 bridgehead atoms. The Balaban J connectivity index is 0.00000242. The number of guanidine groups is 1. The standard InChI is InChI=1S/C16H32N4O.HI/c1-4-8-20-9-6-14(7-10-20)19-15(17-5-2)18-11-16(3)12-21-13-16;/h14H,4-13H2,1-3H3,(H2,17,18,19);1H. The third-order valence-corrected chi connectivity index (χ3v) is 4.33. The largest absolute Gasteiger partial charge is 0.380 e. The van der Waals surface area contributed by atoms with Gasteiger partial charge in [-0.2, -0.15) is 0 Å². The lowest BCUT2D eigenvalue weighted by atomic mass is 9.89. The van der Waals surface area contributed by atoms with Gasteiger partial charge < -0.3 is 20.3 Å². The van der Waals surface area contributed by atoms with Crippen LogP contribution in [0.4, 0.5) is 0 Å². The van der Waals surface area contributed by atoms with Gasteiger partial charge in [-0.3, -0.25) is 4.99 Å². The lowest BCUT2D eigenvalue weighted by Crippen LogP contribution is -2.49. The summed E-state index contributed by atoms with van der Waals surface area (Å²) >= 11 is 0. The van der Waals surface area contributed by atoms with Crippen molar-refractivity contribution >= 4 is 29.9 Å². The van der Waals surface area contributed by atoms with E-state index in [2.05, 4.69) is 36.3 Å². The van der Waals surface area contributed by atoms with Gasteiger partial charge in [0.1, 0.15) is 0 Å². The molecular formula is C16H33IN4O. The molecule has 0 saturated carbocycles. The molecule has 2 aliphatic rings. The van der Waals surface area contributed by atoms with Crippen molar-refractivity contribution in [2.45, 2.75) is 46.1 Å². The van der Waals surface area contributed by atoms with Crippen LogP contribution in [0, 0.1) is 5.41 Å². The first-order valence-corrected chi connectivity index (χ1v) is 8.50. The Labute approximate surface area is 152 Å². The highest BCUT2D eigenvalue weighted by atomic mass is 127. The number of nitrogens with zero attached hydrogens (tertiary/aromatic N) is 2. The Morgan fingerprint density at radius 3 is 2.45 bits per heavy atom. The molecule has 0 unspecified atom stereocenters. The van der Waals surface area contributed by atoms with Crippen LogP contribution in [0.5, 0.6) is 0 Å². The zero-order valence-corrected chi connectivity index (χ0v) is 16.7. The van der Waals surface area contributed by atoms with E-state index in [-0.39, 0.29) is 29.4 Å². The van der Waals surface area contributed by atoms with E-state index in [1.807, 2.05) is 0 Å². The van der Waals surface area contributed by atoms with Gasteiger partial charge in [0.2, 0.25) is 0 Å². The van der Waals surface area contributed by atoms with E-state index in [9.17, 15) is 0 Å². The molecule has 0 spiro atoms. The van der Waals surface area contributed by atoms with Crippen molar-refractivity contribution in [1.82, 2.24) is 15.5 Å². The minimum Gasteiger partial charge on any atom is -0.380 e. The molecule has 0 aromatic rings. The monoisotopic (exact) mass is 424 g/mol. The molecule has 0 atom stereocenters. The van der Waals surface area contributed by atoms with Gasteiger partial charge in [-0.05, 0) is 32.7 Å². The summed E-state index contributed by atoms with van der Waals surface area (Å²) in [5, 5.41) is 6.98. The highest BCUT2D eigenvalue weighted by Gasteiger charge is 2.33. The van der Waals surface area contributed by atoms with Crippen molar-refractivity contribution in [2.24, 2.45) is 10.4 Å². The Morgan fingerprint density at radius 2 is 1.95 bits per heavy atom. The lowest BCUT2D eigenvalue weighted by molar-refractivity contribution is -0.0945. The fourth-order valence-electron chi connectivity index (χ4n) is 2.94. The number of ether oxygens (including phenoxy) is 1. The number of piperidine rings is 1. The zero-order valence-electron chi connectivity index (χ0n) is 14.4. The van der Waals surface area contributed by atoms with Crippen LogP contribution in [0.3, 0.4) is 0 Å². The number of hydrogen-bond donors (Lipinski definition) is 2. The van der Waals surface area contributed by atoms with Gasteiger partial charge in [-0.15, -0.1) is 24.0 Å². The maximum absolute atomic E-state index is 5.30. The summed E-state index contributed by atoms with van der Waals surface area (Å²) in [6, 6.07) is 0.557. The third-order valence-electron chi connectivity index (χ3n) is 4.33. The lowest BCUT2D eigenvalue weighted by Gasteiger charge is -2.37. The molecule has 2 saturated heterocycles. The van der Waals surface area contributed by atoms with E-state index in [4.69, 9.17) is 9.73 Å². The summed E-state index contributed by atoms with van der Waals surface area (Å²) in [7, 11) is 0. The summed E-state index contributed by atoms with van der Waals surface area (Å²) in [6.07, 6.45) is 3.68. The van der Waals surface area contributed by atoms with Crippen LogP contribution >= 0.6 is 24.0 Å². The minimum atomic E-state index is 0. The molecule has 6 heteroatoms. The Bertz CT molecular complexity index is 339. The van der Waals surface area contributed by atoms with Gasteiger partial charge >= 0.3 is 0 Å². The SMILES string of the molecule is CCCN1CCC(NC(=NCC2(C)COC2)NCC)CC1.I. The molecule has 2 rings (SSSR count). The smallest absolute Gasteiger partial charge is 0.191 e. The third kappa shape index (κ3) is 6.20. The van der Waals surface area contributed by atoms with Gasteiger partial charge in [-0.25, -0.2) is 0 Å². The minimum absolute atomic E-state index is 0. The molecule has 130 valence electrons. The molecule has 2 heterocycles. The number of aliphatic imine (C=N–C) groups is 1. The van der Waals surface area contributed by atoms with Crippen LogP contribution in [-0.4, -0.2) is 62.8 Å². The van der Waals surface area contributed by atoms with E-state index in [1.165, 1.54) is 38.9 Å². The van der Waals surface area contributed by atoms with Crippen molar-refractivity contribution < 1.29 is 4.74 Å². The second kappa shape index (κ2) is 9.93. The molecule has 22 heavy (non-hydrogen) atoms. The van der Waals surface area contributed by atoms with Gasteiger partial charge in [0.15, 0.2) is 5.96 Å². The van der Waals surface area contributed by atoms with Gasteiger partial charge in [-0.1, -0.05) is 13.8 Å². The molecule has 2 aliphatic heterocycles. The van der Waals surface area contributed by atoms with Crippen molar-refractivity contribution in [1.29, 1.82) is 0 Å². The fraction of sp³-hybridized carbons (Fsp3) is 0.938. The molecule has 2 fully saturated rings. The first-order valence-electron chi connectivity index (χ1n) is 8.50. The molecule has 0 aromatic heterocycles. The number of likely N-dealkylation sites (tertiary alicyclic amines) is 1. The molecule has 5 nitrogen and oxygen atoms in total. The predicted molar refractivity (Wildman–Crippen MR) is 103 cm³/mol. The average molecular weight is 424 g/mol. The van der Waals surface area contributed by atoms with Crippen LogP contribution in [0.1, 0.15) is 40.0 Å². The first kappa shape index (κ1) is 20.0. The summed E-state index contributed by atoms with van der Waals surface area (Å²) in [4.78, 5) is 7.32. The fourth-order valence-corrected chi connectivity index (χ4v) is 2.94. The normalized spacial score (nSPS) is 22.6. The Morgan fingerprint density at radius 1 is 1.27 bits per heavy atom. The quantitative estimate of drug-likeness (QED) is 0.390.